The van der Waals surface area contributed by atoms with E-state index in [1.807, 2.05) is 30.3 Å². The van der Waals surface area contributed by atoms with Crippen molar-refractivity contribution in [1.29, 1.82) is 0 Å². The lowest BCUT2D eigenvalue weighted by atomic mass is 10.1. The summed E-state index contributed by atoms with van der Waals surface area (Å²) in [5.41, 5.74) is 0. The number of nitrogens with one attached hydrogen (secondary N) is 1. The van der Waals surface area contributed by atoms with E-state index in [1.54, 1.807) is 0 Å². The topological polar surface area (TPSA) is 21.3 Å². The molecule has 2 saturated carbocycles. The van der Waals surface area contributed by atoms with E-state index in [9.17, 15) is 0 Å². The summed E-state index contributed by atoms with van der Waals surface area (Å²) in [5, 5.41) is 3.75. The van der Waals surface area contributed by atoms with Gasteiger partial charge in [0.15, 0.2) is 0 Å². The van der Waals surface area contributed by atoms with Crippen molar-refractivity contribution >= 4 is 0 Å². The fourth-order valence-corrected chi connectivity index (χ4v) is 2.68. The number of rotatable bonds is 8. The van der Waals surface area contributed by atoms with Crippen LogP contribution < -0.4 is 10.1 Å². The molecule has 1 aromatic carbocycles. The van der Waals surface area contributed by atoms with Gasteiger partial charge in [0.05, 0.1) is 6.61 Å². The third-order valence-corrected chi connectivity index (χ3v) is 3.97. The van der Waals surface area contributed by atoms with Crippen molar-refractivity contribution in [2.45, 2.75) is 38.1 Å². The Kier molecular flexibility index (Phi) is 3.84. The van der Waals surface area contributed by atoms with E-state index in [0.29, 0.717) is 0 Å². The highest BCUT2D eigenvalue weighted by molar-refractivity contribution is 5.20. The smallest absolute Gasteiger partial charge is 0.119 e. The summed E-state index contributed by atoms with van der Waals surface area (Å²) in [4.78, 5) is 0. The fraction of sp³-hybridized carbons (Fsp3) is 0.625. The molecule has 0 amide bonds. The van der Waals surface area contributed by atoms with E-state index >= 15 is 0 Å². The Morgan fingerprint density at radius 3 is 2.33 bits per heavy atom. The van der Waals surface area contributed by atoms with E-state index in [0.717, 1.165) is 43.2 Å². The lowest BCUT2D eigenvalue weighted by Crippen LogP contribution is -2.34. The van der Waals surface area contributed by atoms with Crippen LogP contribution in [0.5, 0.6) is 5.75 Å². The third kappa shape index (κ3) is 3.49. The van der Waals surface area contributed by atoms with Gasteiger partial charge in [0.25, 0.3) is 0 Å². The molecule has 2 aliphatic carbocycles. The first kappa shape index (κ1) is 12.0. The average molecular weight is 245 g/mol. The second-order valence-electron chi connectivity index (χ2n) is 5.67. The molecule has 98 valence electrons. The zero-order valence-corrected chi connectivity index (χ0v) is 11.0. The van der Waals surface area contributed by atoms with E-state index in [-0.39, 0.29) is 0 Å². The molecule has 2 heteroatoms. The predicted octanol–water partition coefficient (Wildman–Crippen LogP) is 3.23. The molecule has 0 radical (unpaired) electrons. The molecule has 0 unspecified atom stereocenters. The molecule has 0 bridgehead atoms. The molecular formula is C16H23NO. The quantitative estimate of drug-likeness (QED) is 0.710. The average Bonchev–Trinajstić information content (AvgIpc) is 3.29. The predicted molar refractivity (Wildman–Crippen MR) is 73.8 cm³/mol. The Bertz CT molecular complexity index is 345. The Morgan fingerprint density at radius 2 is 1.72 bits per heavy atom. The van der Waals surface area contributed by atoms with Crippen LogP contribution in [0.25, 0.3) is 0 Å². The van der Waals surface area contributed by atoms with Crippen molar-refractivity contribution in [2.24, 2.45) is 11.8 Å². The van der Waals surface area contributed by atoms with Crippen LogP contribution in [0.2, 0.25) is 0 Å². The van der Waals surface area contributed by atoms with Crippen molar-refractivity contribution in [1.82, 2.24) is 5.32 Å². The SMILES string of the molecule is c1ccc(OCCCNC(C2CC2)C2CC2)cc1. The molecule has 0 heterocycles. The zero-order valence-electron chi connectivity index (χ0n) is 11.0. The summed E-state index contributed by atoms with van der Waals surface area (Å²) in [6.07, 6.45) is 6.91. The molecule has 2 nitrogen and oxygen atoms in total. The number of hydrogen-bond acceptors (Lipinski definition) is 2. The van der Waals surface area contributed by atoms with Crippen molar-refractivity contribution in [3.63, 3.8) is 0 Å². The molecule has 0 atom stereocenters. The Labute approximate surface area is 110 Å². The van der Waals surface area contributed by atoms with Crippen molar-refractivity contribution < 1.29 is 4.74 Å². The molecule has 0 aliphatic heterocycles. The second kappa shape index (κ2) is 5.75. The van der Waals surface area contributed by atoms with Gasteiger partial charge in [0.2, 0.25) is 0 Å². The number of hydrogen-bond donors (Lipinski definition) is 1. The van der Waals surface area contributed by atoms with Gasteiger partial charge in [-0.25, -0.2) is 0 Å². The third-order valence-electron chi connectivity index (χ3n) is 3.97. The Morgan fingerprint density at radius 1 is 1.06 bits per heavy atom. The second-order valence-corrected chi connectivity index (χ2v) is 5.67. The first-order valence-corrected chi connectivity index (χ1v) is 7.35. The monoisotopic (exact) mass is 245 g/mol. The largest absolute Gasteiger partial charge is 0.494 e. The number of ether oxygens (including phenoxy) is 1. The molecule has 3 rings (SSSR count). The maximum atomic E-state index is 5.70. The van der Waals surface area contributed by atoms with Gasteiger partial charge in [-0.1, -0.05) is 18.2 Å². The maximum Gasteiger partial charge on any atom is 0.119 e. The van der Waals surface area contributed by atoms with Gasteiger partial charge in [-0.3, -0.25) is 0 Å². The van der Waals surface area contributed by atoms with E-state index in [2.05, 4.69) is 5.32 Å². The molecule has 18 heavy (non-hydrogen) atoms. The van der Waals surface area contributed by atoms with Crippen molar-refractivity contribution in [3.05, 3.63) is 30.3 Å². The molecule has 0 aromatic heterocycles. The first-order valence-electron chi connectivity index (χ1n) is 7.35. The standard InChI is InChI=1S/C16H23NO/c1-2-5-15(6-3-1)18-12-4-11-17-16(13-7-8-13)14-9-10-14/h1-3,5-6,13-14,16-17H,4,7-12H2. The molecular weight excluding hydrogens is 222 g/mol. The summed E-state index contributed by atoms with van der Waals surface area (Å²) in [6.45, 7) is 1.92. The minimum Gasteiger partial charge on any atom is -0.494 e. The number of para-hydroxylation sites is 1. The minimum atomic E-state index is 0.819. The van der Waals surface area contributed by atoms with Crippen LogP contribution in [0.3, 0.4) is 0 Å². The van der Waals surface area contributed by atoms with Crippen LogP contribution in [0, 0.1) is 11.8 Å². The highest BCUT2D eigenvalue weighted by Crippen LogP contribution is 2.44. The van der Waals surface area contributed by atoms with Gasteiger partial charge < -0.3 is 10.1 Å². The minimum absolute atomic E-state index is 0.819. The lowest BCUT2D eigenvalue weighted by molar-refractivity contribution is 0.299. The van der Waals surface area contributed by atoms with Crippen LogP contribution in [-0.2, 0) is 0 Å². The van der Waals surface area contributed by atoms with Gasteiger partial charge in [0.1, 0.15) is 5.75 Å². The van der Waals surface area contributed by atoms with Crippen LogP contribution in [0.4, 0.5) is 0 Å². The van der Waals surface area contributed by atoms with Crippen LogP contribution in [-0.4, -0.2) is 19.2 Å². The summed E-state index contributed by atoms with van der Waals surface area (Å²) in [6, 6.07) is 10.9. The zero-order chi connectivity index (χ0) is 12.2. The van der Waals surface area contributed by atoms with Crippen LogP contribution in [0.15, 0.2) is 30.3 Å². The van der Waals surface area contributed by atoms with Gasteiger partial charge in [-0.15, -0.1) is 0 Å². The molecule has 0 saturated heterocycles. The highest BCUT2D eigenvalue weighted by Gasteiger charge is 2.40. The Hall–Kier alpha value is -1.02. The van der Waals surface area contributed by atoms with Gasteiger partial charge in [0, 0.05) is 6.04 Å². The summed E-state index contributed by atoms with van der Waals surface area (Å²) in [5.74, 6) is 2.97. The van der Waals surface area contributed by atoms with Gasteiger partial charge in [-0.2, -0.15) is 0 Å². The molecule has 1 N–H and O–H groups in total. The van der Waals surface area contributed by atoms with Crippen molar-refractivity contribution in [2.75, 3.05) is 13.2 Å². The molecule has 1 aromatic rings. The van der Waals surface area contributed by atoms with E-state index in [1.165, 1.54) is 25.7 Å². The van der Waals surface area contributed by atoms with Crippen molar-refractivity contribution in [3.8, 4) is 5.75 Å². The van der Waals surface area contributed by atoms with Gasteiger partial charge >= 0.3 is 0 Å². The Balaban J connectivity index is 1.30. The van der Waals surface area contributed by atoms with Crippen LogP contribution in [0.1, 0.15) is 32.1 Å². The molecule has 2 fully saturated rings. The number of benzene rings is 1. The lowest BCUT2D eigenvalue weighted by Gasteiger charge is -2.17. The fourth-order valence-electron chi connectivity index (χ4n) is 2.68. The highest BCUT2D eigenvalue weighted by atomic mass is 16.5. The molecule has 2 aliphatic rings. The summed E-state index contributed by atoms with van der Waals surface area (Å²) in [7, 11) is 0. The first-order chi connectivity index (χ1) is 8.93. The summed E-state index contributed by atoms with van der Waals surface area (Å²) >= 11 is 0. The normalized spacial score (nSPS) is 19.2. The van der Waals surface area contributed by atoms with E-state index < -0.39 is 0 Å². The van der Waals surface area contributed by atoms with Crippen LogP contribution >= 0.6 is 0 Å². The maximum absolute atomic E-state index is 5.70. The summed E-state index contributed by atoms with van der Waals surface area (Å²) < 4.78 is 5.70. The van der Waals surface area contributed by atoms with E-state index in [4.69, 9.17) is 4.74 Å². The molecule has 0 spiro atoms. The van der Waals surface area contributed by atoms with Gasteiger partial charge in [-0.05, 0) is 62.6 Å².